The summed E-state index contributed by atoms with van der Waals surface area (Å²) < 4.78 is 0.439. The highest BCUT2D eigenvalue weighted by atomic mass is 127. The zero-order chi connectivity index (χ0) is 11.0. The van der Waals surface area contributed by atoms with Crippen molar-refractivity contribution in [2.24, 2.45) is 0 Å². The Morgan fingerprint density at radius 3 is 2.67 bits per heavy atom. The fourth-order valence-corrected chi connectivity index (χ4v) is 1.56. The lowest BCUT2D eigenvalue weighted by molar-refractivity contribution is -0.121. The number of anilines is 1. The average molecular weight is 319 g/mol. The average Bonchev–Trinajstić information content (AvgIpc) is 2.50. The lowest BCUT2D eigenvalue weighted by Crippen LogP contribution is -2.29. The number of aromatic amines is 1. The molecule has 2 heterocycles. The molecule has 1 aromatic rings. The second-order valence-corrected chi connectivity index (χ2v) is 4.24. The van der Waals surface area contributed by atoms with Gasteiger partial charge in [0.25, 0.3) is 5.56 Å². The van der Waals surface area contributed by atoms with Gasteiger partial charge in [0, 0.05) is 6.20 Å². The first-order valence-corrected chi connectivity index (χ1v) is 5.22. The van der Waals surface area contributed by atoms with Crippen LogP contribution in [0.25, 0.3) is 0 Å². The molecule has 0 radical (unpaired) electrons. The Morgan fingerprint density at radius 1 is 1.40 bits per heavy atom. The number of Topliss-reactive ketones (excluding diaryl/α,β-unsaturated/α-hetero) is 1. The summed E-state index contributed by atoms with van der Waals surface area (Å²) in [6.45, 7) is -0.0115. The summed E-state index contributed by atoms with van der Waals surface area (Å²) in [4.78, 5) is 41.1. The first kappa shape index (κ1) is 10.3. The lowest BCUT2D eigenvalue weighted by atomic mass is 10.3. The number of carbonyl (C=O) groups is 2. The van der Waals surface area contributed by atoms with E-state index in [2.05, 4.69) is 9.97 Å². The third-order valence-electron chi connectivity index (χ3n) is 1.98. The van der Waals surface area contributed by atoms with Gasteiger partial charge < -0.3 is 0 Å². The van der Waals surface area contributed by atoms with E-state index in [0.29, 0.717) is 3.57 Å². The summed E-state index contributed by atoms with van der Waals surface area (Å²) in [5.74, 6) is -0.359. The number of hydrogen-bond acceptors (Lipinski definition) is 4. The number of amides is 1. The lowest BCUT2D eigenvalue weighted by Gasteiger charge is -2.11. The van der Waals surface area contributed by atoms with E-state index in [4.69, 9.17) is 0 Å². The molecule has 7 heteroatoms. The molecule has 0 atom stereocenters. The van der Waals surface area contributed by atoms with Gasteiger partial charge in [0.05, 0.1) is 16.5 Å². The molecule has 1 amide bonds. The summed E-state index contributed by atoms with van der Waals surface area (Å²) >= 11 is 1.84. The summed E-state index contributed by atoms with van der Waals surface area (Å²) in [5.41, 5.74) is -0.312. The summed E-state index contributed by atoms with van der Waals surface area (Å²) in [5, 5.41) is 0. The number of aromatic nitrogens is 2. The van der Waals surface area contributed by atoms with E-state index in [1.807, 2.05) is 22.6 Å². The minimum Gasteiger partial charge on any atom is -0.297 e. The largest absolute Gasteiger partial charge is 0.297 e. The molecular formula is C8H6IN3O3. The van der Waals surface area contributed by atoms with E-state index >= 15 is 0 Å². The van der Waals surface area contributed by atoms with E-state index < -0.39 is 0 Å². The maximum Gasteiger partial charge on any atom is 0.265 e. The fourth-order valence-electron chi connectivity index (χ4n) is 1.28. The first-order valence-electron chi connectivity index (χ1n) is 4.15. The van der Waals surface area contributed by atoms with Crippen LogP contribution in [0.4, 0.5) is 5.95 Å². The molecule has 1 saturated heterocycles. The van der Waals surface area contributed by atoms with Gasteiger partial charge in [-0.2, -0.15) is 0 Å². The van der Waals surface area contributed by atoms with Gasteiger partial charge in [-0.05, 0) is 22.6 Å². The van der Waals surface area contributed by atoms with Crippen molar-refractivity contribution < 1.29 is 9.59 Å². The summed E-state index contributed by atoms with van der Waals surface area (Å²) in [7, 11) is 0. The fraction of sp³-hybridized carbons (Fsp3) is 0.250. The Hall–Kier alpha value is -1.25. The second-order valence-electron chi connectivity index (χ2n) is 3.08. The van der Waals surface area contributed by atoms with E-state index in [1.165, 1.54) is 11.1 Å². The first-order chi connectivity index (χ1) is 7.08. The monoisotopic (exact) mass is 319 g/mol. The molecule has 78 valence electrons. The van der Waals surface area contributed by atoms with E-state index in [1.54, 1.807) is 0 Å². The Morgan fingerprint density at radius 2 is 2.13 bits per heavy atom. The molecule has 0 aromatic carbocycles. The van der Waals surface area contributed by atoms with E-state index in [0.717, 1.165) is 0 Å². The molecule has 0 saturated carbocycles. The van der Waals surface area contributed by atoms with E-state index in [9.17, 15) is 14.4 Å². The van der Waals surface area contributed by atoms with Crippen LogP contribution in [0, 0.1) is 3.57 Å². The van der Waals surface area contributed by atoms with Crippen molar-refractivity contribution in [3.63, 3.8) is 0 Å². The van der Waals surface area contributed by atoms with Crippen LogP contribution in [0.5, 0.6) is 0 Å². The predicted molar refractivity (Wildman–Crippen MR) is 59.6 cm³/mol. The number of rotatable bonds is 1. The Balaban J connectivity index is 2.38. The molecule has 1 aliphatic heterocycles. The minimum absolute atomic E-state index is 0.0115. The molecule has 1 aliphatic rings. The van der Waals surface area contributed by atoms with Gasteiger partial charge in [-0.15, -0.1) is 0 Å². The maximum absolute atomic E-state index is 11.3. The predicted octanol–water partition coefficient (Wildman–Crippen LogP) is -0.320. The van der Waals surface area contributed by atoms with Gasteiger partial charge in [-0.3, -0.25) is 24.3 Å². The maximum atomic E-state index is 11.3. The van der Waals surface area contributed by atoms with Gasteiger partial charge >= 0.3 is 0 Å². The van der Waals surface area contributed by atoms with E-state index in [-0.39, 0.29) is 36.2 Å². The normalized spacial score (nSPS) is 16.2. The van der Waals surface area contributed by atoms with Gasteiger partial charge in [0.2, 0.25) is 11.9 Å². The van der Waals surface area contributed by atoms with Crippen LogP contribution in [0.2, 0.25) is 0 Å². The number of carbonyl (C=O) groups excluding carboxylic acids is 2. The van der Waals surface area contributed by atoms with Crippen molar-refractivity contribution in [1.29, 1.82) is 0 Å². The van der Waals surface area contributed by atoms with Gasteiger partial charge in [0.1, 0.15) is 0 Å². The number of H-pyrrole nitrogens is 1. The zero-order valence-electron chi connectivity index (χ0n) is 7.49. The molecular weight excluding hydrogens is 313 g/mol. The highest BCUT2D eigenvalue weighted by Crippen LogP contribution is 2.13. The van der Waals surface area contributed by atoms with Gasteiger partial charge in [-0.25, -0.2) is 4.98 Å². The molecule has 0 spiro atoms. The Kier molecular flexibility index (Phi) is 2.55. The quantitative estimate of drug-likeness (QED) is 0.568. The van der Waals surface area contributed by atoms with Crippen molar-refractivity contribution in [3.8, 4) is 0 Å². The number of ketones is 1. The standard InChI is InChI=1S/C8H6IN3O3/c9-5-2-10-8(11-7(5)15)12-3-4(13)1-6(12)14/h2H,1,3H2,(H,10,11,15). The molecule has 1 aromatic heterocycles. The molecule has 0 aliphatic carbocycles. The van der Waals surface area contributed by atoms with Crippen molar-refractivity contribution in [3.05, 3.63) is 20.1 Å². The molecule has 1 N–H and O–H groups in total. The van der Waals surface area contributed by atoms with Crippen LogP contribution < -0.4 is 10.5 Å². The number of nitrogens with one attached hydrogen (secondary N) is 1. The molecule has 6 nitrogen and oxygen atoms in total. The zero-order valence-corrected chi connectivity index (χ0v) is 9.65. The molecule has 0 bridgehead atoms. The molecule has 15 heavy (non-hydrogen) atoms. The third kappa shape index (κ3) is 1.91. The summed E-state index contributed by atoms with van der Waals surface area (Å²) in [6.07, 6.45) is 1.25. The van der Waals surface area contributed by atoms with Gasteiger partial charge in [0.15, 0.2) is 5.78 Å². The topological polar surface area (TPSA) is 83.1 Å². The number of hydrogen-bond donors (Lipinski definition) is 1. The second kappa shape index (κ2) is 3.72. The number of halogens is 1. The highest BCUT2D eigenvalue weighted by molar-refractivity contribution is 14.1. The molecule has 2 rings (SSSR count). The minimum atomic E-state index is -0.329. The van der Waals surface area contributed by atoms with Crippen molar-refractivity contribution in [1.82, 2.24) is 9.97 Å². The van der Waals surface area contributed by atoms with Crippen LogP contribution in [-0.2, 0) is 9.59 Å². The van der Waals surface area contributed by atoms with Crippen LogP contribution >= 0.6 is 22.6 Å². The van der Waals surface area contributed by atoms with Gasteiger partial charge in [-0.1, -0.05) is 0 Å². The van der Waals surface area contributed by atoms with Crippen molar-refractivity contribution in [2.75, 3.05) is 11.4 Å². The third-order valence-corrected chi connectivity index (χ3v) is 2.75. The summed E-state index contributed by atoms with van der Waals surface area (Å²) in [6, 6.07) is 0. The molecule has 1 fully saturated rings. The number of nitrogens with zero attached hydrogens (tertiary/aromatic N) is 2. The highest BCUT2D eigenvalue weighted by Gasteiger charge is 2.30. The Labute approximate surface area is 97.8 Å². The van der Waals surface area contributed by atoms with Crippen LogP contribution in [0.15, 0.2) is 11.0 Å². The SMILES string of the molecule is O=C1CC(=O)N(c2ncc(I)c(=O)[nH]2)C1. The van der Waals surface area contributed by atoms with Crippen LogP contribution in [0.1, 0.15) is 6.42 Å². The van der Waals surface area contributed by atoms with Crippen molar-refractivity contribution in [2.45, 2.75) is 6.42 Å². The Bertz CT molecular complexity index is 496. The molecule has 0 unspecified atom stereocenters. The van der Waals surface area contributed by atoms with Crippen molar-refractivity contribution >= 4 is 40.2 Å². The van der Waals surface area contributed by atoms with Crippen LogP contribution in [0.3, 0.4) is 0 Å². The van der Waals surface area contributed by atoms with Crippen LogP contribution in [-0.4, -0.2) is 28.2 Å². The smallest absolute Gasteiger partial charge is 0.265 e.